The molecule has 1 aromatic rings. The van der Waals surface area contributed by atoms with E-state index in [1.54, 1.807) is 13.2 Å². The van der Waals surface area contributed by atoms with Gasteiger partial charge in [-0.15, -0.1) is 0 Å². The molecular weight excluding hydrogens is 216 g/mol. The zero-order chi connectivity index (χ0) is 12.3. The number of anilines is 1. The number of nitrogens with two attached hydrogens (primary N) is 1. The van der Waals surface area contributed by atoms with E-state index in [0.717, 1.165) is 37.2 Å². The van der Waals surface area contributed by atoms with Crippen LogP contribution in [0.15, 0.2) is 18.2 Å². The molecule has 0 spiro atoms. The van der Waals surface area contributed by atoms with Gasteiger partial charge in [0.05, 0.1) is 12.7 Å². The molecule has 4 heteroatoms. The maximum absolute atomic E-state index is 10.5. The summed E-state index contributed by atoms with van der Waals surface area (Å²) in [5.74, 6) is 0.761. The van der Waals surface area contributed by atoms with Crippen molar-refractivity contribution < 1.29 is 9.84 Å². The first-order valence-corrected chi connectivity index (χ1v) is 5.98. The Morgan fingerprint density at radius 2 is 2.12 bits per heavy atom. The number of hydrogen-bond donors (Lipinski definition) is 3. The fourth-order valence-corrected chi connectivity index (χ4v) is 2.33. The first kappa shape index (κ1) is 12.2. The fourth-order valence-electron chi connectivity index (χ4n) is 2.33. The van der Waals surface area contributed by atoms with Crippen LogP contribution in [0.5, 0.6) is 5.75 Å². The molecule has 1 saturated heterocycles. The molecule has 0 saturated carbocycles. The molecular formula is C13H20N2O2. The van der Waals surface area contributed by atoms with Crippen LogP contribution in [0.25, 0.3) is 0 Å². The minimum Gasteiger partial charge on any atom is -0.496 e. The fraction of sp³-hybridized carbons (Fsp3) is 0.538. The average molecular weight is 236 g/mol. The number of methoxy groups -OCH3 is 1. The summed E-state index contributed by atoms with van der Waals surface area (Å²) in [5.41, 5.74) is 6.80. The first-order valence-electron chi connectivity index (χ1n) is 5.98. The Kier molecular flexibility index (Phi) is 3.54. The van der Waals surface area contributed by atoms with Crippen molar-refractivity contribution in [3.05, 3.63) is 23.8 Å². The van der Waals surface area contributed by atoms with Gasteiger partial charge in [0, 0.05) is 18.2 Å². The van der Waals surface area contributed by atoms with Crippen molar-refractivity contribution in [1.82, 2.24) is 5.32 Å². The van der Waals surface area contributed by atoms with Gasteiger partial charge in [-0.2, -0.15) is 0 Å². The van der Waals surface area contributed by atoms with E-state index in [2.05, 4.69) is 5.32 Å². The van der Waals surface area contributed by atoms with Crippen LogP contribution >= 0.6 is 0 Å². The molecule has 0 amide bonds. The van der Waals surface area contributed by atoms with Crippen LogP contribution in [0.2, 0.25) is 0 Å². The van der Waals surface area contributed by atoms with Crippen molar-refractivity contribution in [3.8, 4) is 5.75 Å². The topological polar surface area (TPSA) is 67.5 Å². The molecule has 4 nitrogen and oxygen atoms in total. The molecule has 1 aliphatic heterocycles. The second-order valence-corrected chi connectivity index (χ2v) is 4.72. The second kappa shape index (κ2) is 4.94. The van der Waals surface area contributed by atoms with Crippen molar-refractivity contribution in [2.45, 2.75) is 24.9 Å². The number of piperidine rings is 1. The molecule has 17 heavy (non-hydrogen) atoms. The maximum Gasteiger partial charge on any atom is 0.124 e. The number of benzene rings is 1. The summed E-state index contributed by atoms with van der Waals surface area (Å²) in [6.45, 7) is 1.74. The molecule has 1 heterocycles. The van der Waals surface area contributed by atoms with Crippen molar-refractivity contribution in [3.63, 3.8) is 0 Å². The van der Waals surface area contributed by atoms with E-state index in [9.17, 15) is 5.11 Å². The van der Waals surface area contributed by atoms with Gasteiger partial charge >= 0.3 is 0 Å². The third-order valence-corrected chi connectivity index (χ3v) is 3.36. The van der Waals surface area contributed by atoms with Crippen molar-refractivity contribution in [1.29, 1.82) is 0 Å². The highest BCUT2D eigenvalue weighted by atomic mass is 16.5. The number of aliphatic hydroxyl groups is 1. The second-order valence-electron chi connectivity index (χ2n) is 4.72. The third-order valence-electron chi connectivity index (χ3n) is 3.36. The van der Waals surface area contributed by atoms with Gasteiger partial charge in [-0.05, 0) is 37.6 Å². The van der Waals surface area contributed by atoms with Gasteiger partial charge in [-0.1, -0.05) is 6.07 Å². The number of nitrogen functional groups attached to an aromatic ring is 1. The monoisotopic (exact) mass is 236 g/mol. The number of nitrogens with one attached hydrogen (secondary N) is 1. The summed E-state index contributed by atoms with van der Waals surface area (Å²) in [5, 5.41) is 13.7. The minimum absolute atomic E-state index is 0.616. The zero-order valence-electron chi connectivity index (χ0n) is 10.2. The molecule has 1 aliphatic rings. The van der Waals surface area contributed by atoms with Gasteiger partial charge in [-0.3, -0.25) is 0 Å². The molecule has 1 fully saturated rings. The smallest absolute Gasteiger partial charge is 0.124 e. The summed E-state index contributed by atoms with van der Waals surface area (Å²) in [6.07, 6.45) is 2.18. The predicted octanol–water partition coefficient (Wildman–Crippen LogP) is 0.934. The van der Waals surface area contributed by atoms with Crippen LogP contribution in [-0.4, -0.2) is 30.9 Å². The van der Waals surface area contributed by atoms with E-state index >= 15 is 0 Å². The van der Waals surface area contributed by atoms with E-state index in [0.29, 0.717) is 12.1 Å². The van der Waals surface area contributed by atoms with Crippen LogP contribution in [0, 0.1) is 0 Å². The summed E-state index contributed by atoms with van der Waals surface area (Å²) >= 11 is 0. The van der Waals surface area contributed by atoms with Crippen molar-refractivity contribution in [2.24, 2.45) is 0 Å². The van der Waals surface area contributed by atoms with Gasteiger partial charge in [0.15, 0.2) is 0 Å². The SMILES string of the molecule is COc1cc(N)ccc1CC1(O)CCNCC1. The van der Waals surface area contributed by atoms with Crippen molar-refractivity contribution >= 4 is 5.69 Å². The molecule has 0 radical (unpaired) electrons. The van der Waals surface area contributed by atoms with Crippen LogP contribution in [0.3, 0.4) is 0 Å². The lowest BCUT2D eigenvalue weighted by molar-refractivity contribution is 0.0104. The lowest BCUT2D eigenvalue weighted by Crippen LogP contribution is -2.43. The Bertz CT molecular complexity index is 387. The van der Waals surface area contributed by atoms with Gasteiger partial charge in [0.25, 0.3) is 0 Å². The number of rotatable bonds is 3. The Balaban J connectivity index is 2.17. The van der Waals surface area contributed by atoms with Gasteiger partial charge in [0.1, 0.15) is 5.75 Å². The molecule has 2 rings (SSSR count). The zero-order valence-corrected chi connectivity index (χ0v) is 10.2. The summed E-state index contributed by atoms with van der Waals surface area (Å²) in [6, 6.07) is 5.59. The van der Waals surface area contributed by atoms with E-state index < -0.39 is 5.60 Å². The lowest BCUT2D eigenvalue weighted by Gasteiger charge is -2.33. The lowest BCUT2D eigenvalue weighted by atomic mass is 9.86. The molecule has 0 bridgehead atoms. The average Bonchev–Trinajstić information content (AvgIpc) is 2.32. The van der Waals surface area contributed by atoms with E-state index in [1.165, 1.54) is 0 Å². The van der Waals surface area contributed by atoms with Gasteiger partial charge < -0.3 is 20.9 Å². The Labute approximate surface area is 102 Å². The largest absolute Gasteiger partial charge is 0.496 e. The molecule has 0 atom stereocenters. The van der Waals surface area contributed by atoms with Crippen LogP contribution < -0.4 is 15.8 Å². The summed E-state index contributed by atoms with van der Waals surface area (Å²) in [4.78, 5) is 0. The van der Waals surface area contributed by atoms with E-state index in [4.69, 9.17) is 10.5 Å². The minimum atomic E-state index is -0.616. The Hall–Kier alpha value is -1.26. The quantitative estimate of drug-likeness (QED) is 0.683. The molecule has 94 valence electrons. The van der Waals surface area contributed by atoms with Crippen molar-refractivity contribution in [2.75, 3.05) is 25.9 Å². The number of hydrogen-bond acceptors (Lipinski definition) is 4. The predicted molar refractivity (Wildman–Crippen MR) is 68.2 cm³/mol. The highest BCUT2D eigenvalue weighted by Gasteiger charge is 2.30. The van der Waals surface area contributed by atoms with Crippen LogP contribution in [0.4, 0.5) is 5.69 Å². The normalized spacial score (nSPS) is 18.9. The van der Waals surface area contributed by atoms with Crippen LogP contribution in [-0.2, 0) is 6.42 Å². The van der Waals surface area contributed by atoms with Crippen LogP contribution in [0.1, 0.15) is 18.4 Å². The van der Waals surface area contributed by atoms with Gasteiger partial charge in [-0.25, -0.2) is 0 Å². The van der Waals surface area contributed by atoms with Gasteiger partial charge in [0.2, 0.25) is 0 Å². The molecule has 0 unspecified atom stereocenters. The van der Waals surface area contributed by atoms with E-state index in [-0.39, 0.29) is 0 Å². The summed E-state index contributed by atoms with van der Waals surface area (Å²) < 4.78 is 5.31. The molecule has 0 aromatic heterocycles. The summed E-state index contributed by atoms with van der Waals surface area (Å²) in [7, 11) is 1.63. The highest BCUT2D eigenvalue weighted by molar-refractivity contribution is 5.48. The molecule has 4 N–H and O–H groups in total. The first-order chi connectivity index (χ1) is 8.13. The Morgan fingerprint density at radius 1 is 1.41 bits per heavy atom. The number of ether oxygens (including phenoxy) is 1. The highest BCUT2D eigenvalue weighted by Crippen LogP contribution is 2.29. The maximum atomic E-state index is 10.5. The third kappa shape index (κ3) is 2.90. The molecule has 0 aliphatic carbocycles. The Morgan fingerprint density at radius 3 is 2.76 bits per heavy atom. The standard InChI is InChI=1S/C13H20N2O2/c1-17-12-8-11(14)3-2-10(12)9-13(16)4-6-15-7-5-13/h2-3,8,15-16H,4-7,9,14H2,1H3. The molecule has 1 aromatic carbocycles. The van der Waals surface area contributed by atoms with E-state index in [1.807, 2.05) is 12.1 Å².